The minimum absolute atomic E-state index is 0.155. The van der Waals surface area contributed by atoms with E-state index < -0.39 is 5.97 Å². The molecule has 1 amide bonds. The van der Waals surface area contributed by atoms with Crippen molar-refractivity contribution in [3.8, 4) is 11.4 Å². The maximum atomic E-state index is 12.7. The summed E-state index contributed by atoms with van der Waals surface area (Å²) < 4.78 is 7.16. The van der Waals surface area contributed by atoms with Crippen molar-refractivity contribution >= 4 is 40.0 Å². The van der Waals surface area contributed by atoms with Gasteiger partial charge in [-0.15, -0.1) is 21.5 Å². The molecule has 0 saturated heterocycles. The minimum atomic E-state index is -0.416. The number of benzene rings is 1. The maximum absolute atomic E-state index is 12.7. The number of nitrogens with one attached hydrogen (secondary N) is 1. The van der Waals surface area contributed by atoms with Gasteiger partial charge in [-0.2, -0.15) is 0 Å². The summed E-state index contributed by atoms with van der Waals surface area (Å²) in [5.74, 6) is 0.780. The molecule has 0 radical (unpaired) electrons. The second-order valence-electron chi connectivity index (χ2n) is 7.87. The van der Waals surface area contributed by atoms with Crippen molar-refractivity contribution in [2.75, 3.05) is 17.7 Å². The minimum Gasteiger partial charge on any atom is -0.462 e. The quantitative estimate of drug-likeness (QED) is 0.310. The van der Waals surface area contributed by atoms with Crippen LogP contribution >= 0.6 is 23.1 Å². The zero-order chi connectivity index (χ0) is 24.1. The Morgan fingerprint density at radius 2 is 1.85 bits per heavy atom. The Morgan fingerprint density at radius 1 is 1.15 bits per heavy atom. The van der Waals surface area contributed by atoms with E-state index in [0.717, 1.165) is 21.8 Å². The lowest BCUT2D eigenvalue weighted by molar-refractivity contribution is -0.113. The number of esters is 1. The second-order valence-corrected chi connectivity index (χ2v) is 10.0. The molecule has 33 heavy (non-hydrogen) atoms. The van der Waals surface area contributed by atoms with Crippen LogP contribution in [0.2, 0.25) is 0 Å². The Labute approximate surface area is 203 Å². The summed E-state index contributed by atoms with van der Waals surface area (Å²) in [5, 5.41) is 12.8. The number of carbonyl (C=O) groups excluding carboxylic acids is 2. The Morgan fingerprint density at radius 3 is 2.45 bits per heavy atom. The fourth-order valence-electron chi connectivity index (χ4n) is 3.37. The Balaban J connectivity index is 1.71. The number of carbonyl (C=O) groups is 2. The summed E-state index contributed by atoms with van der Waals surface area (Å²) >= 11 is 2.71. The molecule has 0 fully saturated rings. The highest BCUT2D eigenvalue weighted by atomic mass is 32.2. The number of rotatable bonds is 9. The maximum Gasteiger partial charge on any atom is 0.341 e. The molecule has 2 heterocycles. The van der Waals surface area contributed by atoms with Gasteiger partial charge in [0, 0.05) is 17.0 Å². The van der Waals surface area contributed by atoms with Crippen LogP contribution in [-0.2, 0) is 16.1 Å². The monoisotopic (exact) mass is 486 g/mol. The van der Waals surface area contributed by atoms with Crippen LogP contribution < -0.4 is 5.32 Å². The van der Waals surface area contributed by atoms with E-state index in [1.165, 1.54) is 28.7 Å². The molecule has 0 atom stereocenters. The highest BCUT2D eigenvalue weighted by Gasteiger charge is 2.22. The van der Waals surface area contributed by atoms with Gasteiger partial charge in [-0.1, -0.05) is 49.9 Å². The molecule has 0 saturated carbocycles. The first kappa shape index (κ1) is 25.0. The van der Waals surface area contributed by atoms with Crippen molar-refractivity contribution in [2.24, 2.45) is 0 Å². The normalized spacial score (nSPS) is 11.1. The first-order chi connectivity index (χ1) is 15.8. The summed E-state index contributed by atoms with van der Waals surface area (Å²) in [6.07, 6.45) is 0. The van der Waals surface area contributed by atoms with Crippen molar-refractivity contribution < 1.29 is 14.3 Å². The lowest BCUT2D eigenvalue weighted by atomic mass is 10.0. The van der Waals surface area contributed by atoms with Gasteiger partial charge in [-0.05, 0) is 44.7 Å². The molecule has 2 aromatic heterocycles. The largest absolute Gasteiger partial charge is 0.462 e. The molecule has 3 aromatic rings. The fourth-order valence-corrected chi connectivity index (χ4v) is 5.24. The molecular formula is C24H30N4O3S2. The molecule has 176 valence electrons. The van der Waals surface area contributed by atoms with Crippen molar-refractivity contribution in [3.05, 3.63) is 45.8 Å². The van der Waals surface area contributed by atoms with Crippen LogP contribution in [0.25, 0.3) is 11.4 Å². The summed E-state index contributed by atoms with van der Waals surface area (Å²) in [6.45, 7) is 12.9. The Hall–Kier alpha value is -2.65. The van der Waals surface area contributed by atoms with E-state index in [2.05, 4.69) is 53.6 Å². The van der Waals surface area contributed by atoms with Crippen LogP contribution in [0.1, 0.15) is 60.0 Å². The molecule has 3 rings (SSSR count). The van der Waals surface area contributed by atoms with Crippen molar-refractivity contribution in [2.45, 2.75) is 59.2 Å². The predicted octanol–water partition coefficient (Wildman–Crippen LogP) is 5.67. The molecule has 0 unspecified atom stereocenters. The number of thioether (sulfide) groups is 1. The summed E-state index contributed by atoms with van der Waals surface area (Å²) in [4.78, 5) is 26.0. The van der Waals surface area contributed by atoms with Gasteiger partial charge in [0.15, 0.2) is 11.0 Å². The summed E-state index contributed by atoms with van der Waals surface area (Å²) in [7, 11) is 0. The molecule has 1 N–H and O–H groups in total. The van der Waals surface area contributed by atoms with Gasteiger partial charge < -0.3 is 14.6 Å². The van der Waals surface area contributed by atoms with Crippen LogP contribution in [0.5, 0.6) is 0 Å². The van der Waals surface area contributed by atoms with Crippen LogP contribution in [0, 0.1) is 13.8 Å². The van der Waals surface area contributed by atoms with E-state index in [9.17, 15) is 9.59 Å². The number of hydrogen-bond donors (Lipinski definition) is 1. The fraction of sp³-hybridized carbons (Fsp3) is 0.417. The molecule has 1 aromatic carbocycles. The van der Waals surface area contributed by atoms with E-state index in [4.69, 9.17) is 4.74 Å². The number of aryl methyl sites for hydroxylation is 1. The number of nitrogens with zero attached hydrogens (tertiary/aromatic N) is 3. The summed E-state index contributed by atoms with van der Waals surface area (Å²) in [5.41, 5.74) is 3.53. The van der Waals surface area contributed by atoms with E-state index in [0.29, 0.717) is 28.2 Å². The lowest BCUT2D eigenvalue weighted by Crippen LogP contribution is -2.17. The highest BCUT2D eigenvalue weighted by Crippen LogP contribution is 2.33. The van der Waals surface area contributed by atoms with Gasteiger partial charge in [0.1, 0.15) is 5.00 Å². The van der Waals surface area contributed by atoms with Gasteiger partial charge in [0.05, 0.1) is 17.9 Å². The van der Waals surface area contributed by atoms with E-state index in [-0.39, 0.29) is 18.3 Å². The van der Waals surface area contributed by atoms with Crippen molar-refractivity contribution in [1.82, 2.24) is 14.8 Å². The molecule has 0 aliphatic carbocycles. The third kappa shape index (κ3) is 5.65. The first-order valence-corrected chi connectivity index (χ1v) is 12.8. The molecule has 9 heteroatoms. The van der Waals surface area contributed by atoms with E-state index >= 15 is 0 Å². The van der Waals surface area contributed by atoms with Crippen LogP contribution in [0.4, 0.5) is 5.00 Å². The first-order valence-electron chi connectivity index (χ1n) is 11.0. The third-order valence-electron chi connectivity index (χ3n) is 5.32. The standard InChI is InChI=1S/C24H30N4O3S2/c1-7-28-21(18-11-9-17(10-12-18)14(3)4)26-27-24(28)32-13-19(29)25-22-20(23(30)31-8-2)15(5)16(6)33-22/h9-12,14H,7-8,13H2,1-6H3,(H,25,29). The van der Waals surface area contributed by atoms with E-state index in [1.807, 2.05) is 25.3 Å². The van der Waals surface area contributed by atoms with Crippen molar-refractivity contribution in [3.63, 3.8) is 0 Å². The van der Waals surface area contributed by atoms with Crippen LogP contribution in [0.15, 0.2) is 29.4 Å². The molecule has 0 spiro atoms. The third-order valence-corrected chi connectivity index (χ3v) is 7.41. The van der Waals surface area contributed by atoms with Gasteiger partial charge in [-0.25, -0.2) is 4.79 Å². The zero-order valence-corrected chi connectivity index (χ0v) is 21.5. The number of ether oxygens (including phenoxy) is 1. The number of thiophene rings is 1. The number of aromatic nitrogens is 3. The number of hydrogen-bond acceptors (Lipinski definition) is 7. The molecule has 7 nitrogen and oxygen atoms in total. The van der Waals surface area contributed by atoms with Gasteiger partial charge in [0.2, 0.25) is 5.91 Å². The smallest absolute Gasteiger partial charge is 0.341 e. The number of anilines is 1. The van der Waals surface area contributed by atoms with Gasteiger partial charge >= 0.3 is 5.97 Å². The highest BCUT2D eigenvalue weighted by molar-refractivity contribution is 7.99. The Kier molecular flexibility index (Phi) is 8.31. The average molecular weight is 487 g/mol. The predicted molar refractivity (Wildman–Crippen MR) is 134 cm³/mol. The topological polar surface area (TPSA) is 86.1 Å². The number of amides is 1. The molecule has 0 aliphatic rings. The molecule has 0 aliphatic heterocycles. The average Bonchev–Trinajstić information content (AvgIpc) is 3.32. The second kappa shape index (κ2) is 11.0. The lowest BCUT2D eigenvalue weighted by Gasteiger charge is -2.09. The van der Waals surface area contributed by atoms with Crippen LogP contribution in [-0.4, -0.2) is 39.0 Å². The molecule has 0 bridgehead atoms. The van der Waals surface area contributed by atoms with Gasteiger partial charge in [0.25, 0.3) is 0 Å². The summed E-state index contributed by atoms with van der Waals surface area (Å²) in [6, 6.07) is 8.35. The van der Waals surface area contributed by atoms with Gasteiger partial charge in [-0.3, -0.25) is 4.79 Å². The Bertz CT molecular complexity index is 1130. The van der Waals surface area contributed by atoms with Crippen molar-refractivity contribution in [1.29, 1.82) is 0 Å². The SMILES string of the molecule is CCOC(=O)c1c(NC(=O)CSc2nnc(-c3ccc(C(C)C)cc3)n2CC)sc(C)c1C. The molecular weight excluding hydrogens is 456 g/mol. The van der Waals surface area contributed by atoms with Crippen LogP contribution in [0.3, 0.4) is 0 Å². The van der Waals surface area contributed by atoms with E-state index in [1.54, 1.807) is 6.92 Å². The zero-order valence-electron chi connectivity index (χ0n) is 19.9.